The van der Waals surface area contributed by atoms with Gasteiger partial charge < -0.3 is 9.73 Å². The number of anilines is 1. The van der Waals surface area contributed by atoms with Gasteiger partial charge in [-0.05, 0) is 11.6 Å². The number of aryl methyl sites for hydroxylation is 1. The van der Waals surface area contributed by atoms with E-state index in [0.717, 1.165) is 5.56 Å². The summed E-state index contributed by atoms with van der Waals surface area (Å²) in [5.41, 5.74) is 0.978. The highest BCUT2D eigenvalue weighted by molar-refractivity contribution is 6.31. The van der Waals surface area contributed by atoms with Gasteiger partial charge in [-0.15, -0.1) is 16.7 Å². The van der Waals surface area contributed by atoms with Crippen molar-refractivity contribution in [2.75, 3.05) is 11.2 Å². The van der Waals surface area contributed by atoms with Crippen LogP contribution in [0.25, 0.3) is 0 Å². The average Bonchev–Trinajstić information content (AvgIpc) is 2.76. The fraction of sp³-hybridized carbons (Fsp3) is 0.273. The normalized spacial score (nSPS) is 10.5. The molecular formula is C11H11Cl2N3O. The van der Waals surface area contributed by atoms with Crippen LogP contribution < -0.4 is 5.32 Å². The number of hydrogen-bond acceptors (Lipinski definition) is 4. The molecule has 0 aliphatic carbocycles. The summed E-state index contributed by atoms with van der Waals surface area (Å²) in [6, 6.07) is 7.97. The van der Waals surface area contributed by atoms with E-state index in [0.29, 0.717) is 35.8 Å². The van der Waals surface area contributed by atoms with E-state index in [-0.39, 0.29) is 0 Å². The molecule has 0 fully saturated rings. The van der Waals surface area contributed by atoms with E-state index in [1.54, 1.807) is 0 Å². The van der Waals surface area contributed by atoms with Crippen molar-refractivity contribution in [2.45, 2.75) is 13.0 Å². The van der Waals surface area contributed by atoms with E-state index in [9.17, 15) is 0 Å². The number of hydrogen-bond donors (Lipinski definition) is 1. The first-order valence-electron chi connectivity index (χ1n) is 5.15. The van der Waals surface area contributed by atoms with Crippen molar-refractivity contribution in [3.05, 3.63) is 40.7 Å². The Labute approximate surface area is 109 Å². The quantitative estimate of drug-likeness (QED) is 0.849. The Bertz CT molecular complexity index is 487. The molecule has 6 heteroatoms. The Morgan fingerprint density at radius 1 is 1.24 bits per heavy atom. The molecule has 4 nitrogen and oxygen atoms in total. The van der Waals surface area contributed by atoms with Crippen molar-refractivity contribution >= 4 is 29.2 Å². The number of halogens is 2. The van der Waals surface area contributed by atoms with Crippen LogP contribution in [0.3, 0.4) is 0 Å². The van der Waals surface area contributed by atoms with Gasteiger partial charge in [0.05, 0.1) is 0 Å². The second-order valence-corrected chi connectivity index (χ2v) is 4.17. The van der Waals surface area contributed by atoms with Crippen LogP contribution in [0.2, 0.25) is 5.02 Å². The predicted molar refractivity (Wildman–Crippen MR) is 67.5 cm³/mol. The Hall–Kier alpha value is -1.26. The molecular weight excluding hydrogens is 261 g/mol. The fourth-order valence-electron chi connectivity index (χ4n) is 1.32. The average molecular weight is 272 g/mol. The van der Waals surface area contributed by atoms with Crippen LogP contribution in [0.15, 0.2) is 28.7 Å². The lowest BCUT2D eigenvalue weighted by Crippen LogP contribution is -2.00. The lowest BCUT2D eigenvalue weighted by molar-refractivity contribution is 0.512. The van der Waals surface area contributed by atoms with Gasteiger partial charge in [-0.1, -0.05) is 34.9 Å². The molecule has 1 aromatic heterocycles. The topological polar surface area (TPSA) is 51.0 Å². The zero-order chi connectivity index (χ0) is 12.1. The third-order valence-corrected chi connectivity index (χ3v) is 2.72. The molecule has 90 valence electrons. The molecule has 1 aromatic carbocycles. The number of rotatable bonds is 5. The van der Waals surface area contributed by atoms with Gasteiger partial charge in [0.2, 0.25) is 5.89 Å². The van der Waals surface area contributed by atoms with Crippen molar-refractivity contribution < 1.29 is 4.42 Å². The summed E-state index contributed by atoms with van der Waals surface area (Å²) in [6.07, 6.45) is 0.572. The number of aromatic nitrogens is 2. The number of alkyl halides is 1. The van der Waals surface area contributed by atoms with Crippen molar-refractivity contribution in [1.82, 2.24) is 10.2 Å². The number of nitrogens with zero attached hydrogens (tertiary/aromatic N) is 2. The fourth-order valence-corrected chi connectivity index (χ4v) is 1.68. The molecule has 17 heavy (non-hydrogen) atoms. The summed E-state index contributed by atoms with van der Waals surface area (Å²) in [5, 5.41) is 11.4. The molecule has 2 rings (SSSR count). The standard InChI is InChI=1S/C11H11Cl2N3O/c12-6-5-10-15-16-11(17-10)14-7-8-3-1-2-4-9(8)13/h1-4H,5-7H2,(H,14,16). The summed E-state index contributed by atoms with van der Waals surface area (Å²) in [7, 11) is 0. The highest BCUT2D eigenvalue weighted by atomic mass is 35.5. The minimum atomic E-state index is 0.380. The van der Waals surface area contributed by atoms with Crippen LogP contribution in [0, 0.1) is 0 Å². The van der Waals surface area contributed by atoms with Gasteiger partial charge >= 0.3 is 6.01 Å². The molecule has 0 bridgehead atoms. The first-order valence-corrected chi connectivity index (χ1v) is 6.06. The van der Waals surface area contributed by atoms with Crippen LogP contribution in [-0.4, -0.2) is 16.1 Å². The van der Waals surface area contributed by atoms with Crippen LogP contribution in [0.1, 0.15) is 11.5 Å². The zero-order valence-corrected chi connectivity index (χ0v) is 10.5. The molecule has 0 unspecified atom stereocenters. The lowest BCUT2D eigenvalue weighted by Gasteiger charge is -2.03. The molecule has 0 amide bonds. The molecule has 0 saturated heterocycles. The molecule has 0 aliphatic heterocycles. The van der Waals surface area contributed by atoms with Crippen molar-refractivity contribution in [3.8, 4) is 0 Å². The Kier molecular flexibility index (Phi) is 4.23. The van der Waals surface area contributed by atoms with E-state index in [1.807, 2.05) is 24.3 Å². The first-order chi connectivity index (χ1) is 8.29. The van der Waals surface area contributed by atoms with Gasteiger partial charge in [-0.25, -0.2) is 0 Å². The van der Waals surface area contributed by atoms with Gasteiger partial charge in [-0.3, -0.25) is 0 Å². The summed E-state index contributed by atoms with van der Waals surface area (Å²) < 4.78 is 5.32. The van der Waals surface area contributed by atoms with Crippen molar-refractivity contribution in [2.24, 2.45) is 0 Å². The monoisotopic (exact) mass is 271 g/mol. The second-order valence-electron chi connectivity index (χ2n) is 3.38. The smallest absolute Gasteiger partial charge is 0.315 e. The van der Waals surface area contributed by atoms with Gasteiger partial charge in [0.1, 0.15) is 0 Å². The SMILES string of the molecule is ClCCc1nnc(NCc2ccccc2Cl)o1. The van der Waals surface area contributed by atoms with Crippen LogP contribution >= 0.6 is 23.2 Å². The van der Waals surface area contributed by atoms with Gasteiger partial charge in [0.25, 0.3) is 0 Å². The minimum Gasteiger partial charge on any atom is -0.408 e. The summed E-state index contributed by atoms with van der Waals surface area (Å²) in [5.74, 6) is 0.994. The predicted octanol–water partition coefficient (Wildman–Crippen LogP) is 3.12. The lowest BCUT2D eigenvalue weighted by atomic mass is 10.2. The van der Waals surface area contributed by atoms with E-state index in [4.69, 9.17) is 27.6 Å². The third-order valence-electron chi connectivity index (χ3n) is 2.16. The molecule has 1 N–H and O–H groups in total. The maximum Gasteiger partial charge on any atom is 0.315 e. The van der Waals surface area contributed by atoms with Crippen molar-refractivity contribution in [3.63, 3.8) is 0 Å². The molecule has 0 radical (unpaired) electrons. The maximum absolute atomic E-state index is 6.02. The summed E-state index contributed by atoms with van der Waals surface area (Å²) >= 11 is 11.6. The van der Waals surface area contributed by atoms with E-state index in [2.05, 4.69) is 15.5 Å². The summed E-state index contributed by atoms with van der Waals surface area (Å²) in [4.78, 5) is 0. The molecule has 0 spiro atoms. The number of nitrogens with one attached hydrogen (secondary N) is 1. The van der Waals surface area contributed by atoms with E-state index in [1.165, 1.54) is 0 Å². The molecule has 0 atom stereocenters. The zero-order valence-electron chi connectivity index (χ0n) is 8.99. The Morgan fingerprint density at radius 2 is 2.06 bits per heavy atom. The molecule has 2 aromatic rings. The third kappa shape index (κ3) is 3.35. The Morgan fingerprint density at radius 3 is 2.82 bits per heavy atom. The number of benzene rings is 1. The minimum absolute atomic E-state index is 0.380. The second kappa shape index (κ2) is 5.89. The first kappa shape index (κ1) is 12.2. The van der Waals surface area contributed by atoms with Crippen LogP contribution in [0.5, 0.6) is 0 Å². The highest BCUT2D eigenvalue weighted by Crippen LogP contribution is 2.16. The van der Waals surface area contributed by atoms with Crippen LogP contribution in [0.4, 0.5) is 6.01 Å². The largest absolute Gasteiger partial charge is 0.408 e. The van der Waals surface area contributed by atoms with E-state index >= 15 is 0 Å². The van der Waals surface area contributed by atoms with Crippen molar-refractivity contribution in [1.29, 1.82) is 0 Å². The highest BCUT2D eigenvalue weighted by Gasteiger charge is 2.05. The summed E-state index contributed by atoms with van der Waals surface area (Å²) in [6.45, 7) is 0.544. The molecule has 0 saturated carbocycles. The van der Waals surface area contributed by atoms with Crippen LogP contribution in [-0.2, 0) is 13.0 Å². The van der Waals surface area contributed by atoms with Gasteiger partial charge in [0, 0.05) is 23.9 Å². The Balaban J connectivity index is 1.95. The maximum atomic E-state index is 6.02. The van der Waals surface area contributed by atoms with Gasteiger partial charge in [-0.2, -0.15) is 0 Å². The van der Waals surface area contributed by atoms with Gasteiger partial charge in [0.15, 0.2) is 0 Å². The molecule has 1 heterocycles. The van der Waals surface area contributed by atoms with E-state index < -0.39 is 0 Å². The molecule has 0 aliphatic rings.